The van der Waals surface area contributed by atoms with Gasteiger partial charge in [0.2, 0.25) is 0 Å². The average Bonchev–Trinajstić information content (AvgIpc) is 2.99. The number of aryl methyl sites for hydroxylation is 1. The molecule has 2 N–H and O–H groups in total. The first-order valence-electron chi connectivity index (χ1n) is 7.23. The lowest BCUT2D eigenvalue weighted by Gasteiger charge is -2.17. The molecular weight excluding hydrogens is 282 g/mol. The van der Waals surface area contributed by atoms with E-state index in [2.05, 4.69) is 43.4 Å². The van der Waals surface area contributed by atoms with E-state index in [1.54, 1.807) is 11.3 Å². The first kappa shape index (κ1) is 16.2. The Morgan fingerprint density at radius 2 is 2.00 bits per heavy atom. The minimum absolute atomic E-state index is 0.220. The van der Waals surface area contributed by atoms with Crippen LogP contribution in [0.3, 0.4) is 0 Å². The van der Waals surface area contributed by atoms with Crippen molar-refractivity contribution < 1.29 is 9.84 Å². The van der Waals surface area contributed by atoms with E-state index in [0.29, 0.717) is 19.8 Å². The number of hydrogen-bond donors (Lipinski definition) is 2. The van der Waals surface area contributed by atoms with Crippen LogP contribution in [0.1, 0.15) is 29.0 Å². The fourth-order valence-electron chi connectivity index (χ4n) is 2.03. The Kier molecular flexibility index (Phi) is 6.39. The molecule has 0 bridgehead atoms. The van der Waals surface area contributed by atoms with E-state index in [1.165, 1.54) is 16.0 Å². The lowest BCUT2D eigenvalue weighted by molar-refractivity contribution is 0.0288. The second-order valence-electron chi connectivity index (χ2n) is 5.29. The van der Waals surface area contributed by atoms with E-state index in [-0.39, 0.29) is 6.04 Å². The maximum atomic E-state index is 9.93. The smallest absolute Gasteiger partial charge is 0.0898 e. The Bertz CT molecular complexity index is 510. The van der Waals surface area contributed by atoms with Crippen LogP contribution in [0.5, 0.6) is 0 Å². The Morgan fingerprint density at radius 3 is 2.67 bits per heavy atom. The second kappa shape index (κ2) is 8.29. The van der Waals surface area contributed by atoms with Crippen molar-refractivity contribution in [3.05, 3.63) is 57.8 Å². The number of nitrogens with one attached hydrogen (secondary N) is 1. The Morgan fingerprint density at radius 1 is 1.24 bits per heavy atom. The molecule has 0 aliphatic carbocycles. The molecule has 4 heteroatoms. The highest BCUT2D eigenvalue weighted by Crippen LogP contribution is 2.13. The predicted octanol–water partition coefficient (Wildman–Crippen LogP) is 3.28. The average molecular weight is 305 g/mol. The van der Waals surface area contributed by atoms with Gasteiger partial charge in [-0.05, 0) is 30.9 Å². The van der Waals surface area contributed by atoms with Gasteiger partial charge in [0.1, 0.15) is 0 Å². The van der Waals surface area contributed by atoms with Crippen LogP contribution in [0.4, 0.5) is 0 Å². The zero-order chi connectivity index (χ0) is 15.1. The van der Waals surface area contributed by atoms with Gasteiger partial charge in [-0.25, -0.2) is 0 Å². The fourth-order valence-corrected chi connectivity index (χ4v) is 2.68. The number of hydrogen-bond acceptors (Lipinski definition) is 4. The van der Waals surface area contributed by atoms with Crippen molar-refractivity contribution >= 4 is 11.3 Å². The first-order valence-corrected chi connectivity index (χ1v) is 8.11. The van der Waals surface area contributed by atoms with Crippen LogP contribution in [-0.2, 0) is 11.3 Å². The summed E-state index contributed by atoms with van der Waals surface area (Å²) in [5, 5.41) is 15.3. The molecule has 1 unspecified atom stereocenters. The molecule has 0 radical (unpaired) electrons. The molecule has 21 heavy (non-hydrogen) atoms. The summed E-state index contributed by atoms with van der Waals surface area (Å²) in [5.41, 5.74) is 2.49. The van der Waals surface area contributed by atoms with Crippen LogP contribution in [0.25, 0.3) is 0 Å². The summed E-state index contributed by atoms with van der Waals surface area (Å²) in [5.74, 6) is 0. The van der Waals surface area contributed by atoms with Gasteiger partial charge in [0.15, 0.2) is 0 Å². The molecule has 114 valence electrons. The van der Waals surface area contributed by atoms with Gasteiger partial charge in [-0.15, -0.1) is 11.3 Å². The molecule has 0 saturated carbocycles. The zero-order valence-corrected chi connectivity index (χ0v) is 13.4. The summed E-state index contributed by atoms with van der Waals surface area (Å²) in [6.07, 6.45) is -0.488. The monoisotopic (exact) mass is 305 g/mol. The number of ether oxygens (including phenoxy) is 1. The van der Waals surface area contributed by atoms with Gasteiger partial charge in [0.25, 0.3) is 0 Å². The van der Waals surface area contributed by atoms with Crippen LogP contribution < -0.4 is 5.32 Å². The first-order chi connectivity index (χ1) is 10.1. The maximum absolute atomic E-state index is 9.93. The summed E-state index contributed by atoms with van der Waals surface area (Å²) in [6.45, 7) is 5.63. The second-order valence-corrected chi connectivity index (χ2v) is 6.32. The summed E-state index contributed by atoms with van der Waals surface area (Å²) < 4.78 is 5.51. The van der Waals surface area contributed by atoms with Crippen molar-refractivity contribution in [3.8, 4) is 0 Å². The van der Waals surface area contributed by atoms with Crippen molar-refractivity contribution in [2.75, 3.05) is 13.2 Å². The lowest BCUT2D eigenvalue weighted by Crippen LogP contribution is -2.32. The molecule has 0 spiro atoms. The van der Waals surface area contributed by atoms with Gasteiger partial charge >= 0.3 is 0 Å². The standard InChI is InChI=1S/C17H23NO2S/c1-13-5-7-15(8-6-13)14(2)18-10-16(19)11-20-12-17-4-3-9-21-17/h3-9,14,16,18-19H,10-12H2,1-2H3/t14-,16?/m0/s1. The van der Waals surface area contributed by atoms with Gasteiger partial charge in [-0.1, -0.05) is 35.9 Å². The van der Waals surface area contributed by atoms with Gasteiger partial charge in [-0.2, -0.15) is 0 Å². The molecule has 0 aliphatic rings. The van der Waals surface area contributed by atoms with Gasteiger partial charge in [0, 0.05) is 17.5 Å². The molecule has 1 aromatic carbocycles. The normalized spacial score (nSPS) is 14.0. The SMILES string of the molecule is Cc1ccc([C@H](C)NCC(O)COCc2cccs2)cc1. The predicted molar refractivity (Wildman–Crippen MR) is 87.6 cm³/mol. The van der Waals surface area contributed by atoms with Crippen LogP contribution >= 0.6 is 11.3 Å². The highest BCUT2D eigenvalue weighted by atomic mass is 32.1. The lowest BCUT2D eigenvalue weighted by atomic mass is 10.1. The van der Waals surface area contributed by atoms with Crippen LogP contribution in [0, 0.1) is 6.92 Å². The van der Waals surface area contributed by atoms with Crippen LogP contribution in [0.2, 0.25) is 0 Å². The number of thiophene rings is 1. The molecule has 0 amide bonds. The van der Waals surface area contributed by atoms with Gasteiger partial charge in [-0.3, -0.25) is 0 Å². The molecule has 1 heterocycles. The molecule has 0 fully saturated rings. The largest absolute Gasteiger partial charge is 0.389 e. The molecule has 2 rings (SSSR count). The van der Waals surface area contributed by atoms with E-state index >= 15 is 0 Å². The minimum Gasteiger partial charge on any atom is -0.389 e. The zero-order valence-electron chi connectivity index (χ0n) is 12.6. The Hall–Kier alpha value is -1.20. The number of rotatable bonds is 8. The molecule has 1 aromatic heterocycles. The van der Waals surface area contributed by atoms with E-state index in [4.69, 9.17) is 4.74 Å². The van der Waals surface area contributed by atoms with Crippen molar-refractivity contribution in [3.63, 3.8) is 0 Å². The topological polar surface area (TPSA) is 41.5 Å². The molecule has 2 atom stereocenters. The highest BCUT2D eigenvalue weighted by molar-refractivity contribution is 7.09. The third-order valence-electron chi connectivity index (χ3n) is 3.37. The summed E-state index contributed by atoms with van der Waals surface area (Å²) >= 11 is 1.67. The number of aliphatic hydroxyl groups is 1. The van der Waals surface area contributed by atoms with Crippen LogP contribution in [0.15, 0.2) is 41.8 Å². The van der Waals surface area contributed by atoms with Gasteiger partial charge in [0.05, 0.1) is 19.3 Å². The molecule has 0 aliphatic heterocycles. The number of aliphatic hydroxyl groups excluding tert-OH is 1. The molecule has 3 nitrogen and oxygen atoms in total. The third-order valence-corrected chi connectivity index (χ3v) is 4.22. The van der Waals surface area contributed by atoms with Gasteiger partial charge < -0.3 is 15.2 Å². The van der Waals surface area contributed by atoms with Crippen molar-refractivity contribution in [1.82, 2.24) is 5.32 Å². The summed E-state index contributed by atoms with van der Waals surface area (Å²) in [4.78, 5) is 1.18. The van der Waals surface area contributed by atoms with Crippen molar-refractivity contribution in [1.29, 1.82) is 0 Å². The Labute approximate surface area is 130 Å². The molecule has 0 saturated heterocycles. The fraction of sp³-hybridized carbons (Fsp3) is 0.412. The summed E-state index contributed by atoms with van der Waals surface area (Å²) in [7, 11) is 0. The highest BCUT2D eigenvalue weighted by Gasteiger charge is 2.09. The quantitative estimate of drug-likeness (QED) is 0.786. The van der Waals surface area contributed by atoms with Crippen LogP contribution in [-0.4, -0.2) is 24.4 Å². The van der Waals surface area contributed by atoms with Crippen molar-refractivity contribution in [2.24, 2.45) is 0 Å². The van der Waals surface area contributed by atoms with E-state index in [0.717, 1.165) is 0 Å². The van der Waals surface area contributed by atoms with E-state index in [1.807, 2.05) is 17.5 Å². The van der Waals surface area contributed by atoms with E-state index < -0.39 is 6.10 Å². The third kappa shape index (κ3) is 5.59. The Balaban J connectivity index is 1.66. The number of benzene rings is 1. The minimum atomic E-state index is -0.488. The molecule has 2 aromatic rings. The van der Waals surface area contributed by atoms with E-state index in [9.17, 15) is 5.11 Å². The van der Waals surface area contributed by atoms with Crippen molar-refractivity contribution in [2.45, 2.75) is 32.6 Å². The molecular formula is C17H23NO2S. The summed E-state index contributed by atoms with van der Waals surface area (Å²) in [6, 6.07) is 12.7. The maximum Gasteiger partial charge on any atom is 0.0898 e.